The minimum absolute atomic E-state index is 0.0343. The summed E-state index contributed by atoms with van der Waals surface area (Å²) in [5.41, 5.74) is 4.46. The fourth-order valence-electron chi connectivity index (χ4n) is 3.40. The van der Waals surface area contributed by atoms with Crippen LogP contribution >= 0.6 is 0 Å². The lowest BCUT2D eigenvalue weighted by molar-refractivity contribution is -0.116. The number of nitrogens with one attached hydrogen (secondary N) is 1. The zero-order chi connectivity index (χ0) is 16.5. The molecule has 1 atom stereocenters. The van der Waals surface area contributed by atoms with Crippen molar-refractivity contribution in [2.75, 3.05) is 5.32 Å². The van der Waals surface area contributed by atoms with E-state index >= 15 is 0 Å². The van der Waals surface area contributed by atoms with Crippen LogP contribution in [0.5, 0.6) is 0 Å². The summed E-state index contributed by atoms with van der Waals surface area (Å²) in [7, 11) is 0. The van der Waals surface area contributed by atoms with E-state index in [4.69, 9.17) is 0 Å². The number of aryl methyl sites for hydroxylation is 1. The molecule has 0 spiro atoms. The van der Waals surface area contributed by atoms with Crippen LogP contribution in [0.15, 0.2) is 60.8 Å². The zero-order valence-electron chi connectivity index (χ0n) is 13.6. The lowest BCUT2D eigenvalue weighted by Crippen LogP contribution is -2.24. The molecule has 0 bridgehead atoms. The van der Waals surface area contributed by atoms with Crippen molar-refractivity contribution in [3.63, 3.8) is 0 Å². The smallest absolute Gasteiger partial charge is 0.226 e. The first-order chi connectivity index (χ1) is 11.8. The van der Waals surface area contributed by atoms with Crippen molar-refractivity contribution >= 4 is 11.7 Å². The van der Waals surface area contributed by atoms with Gasteiger partial charge in [0.15, 0.2) is 0 Å². The van der Waals surface area contributed by atoms with Gasteiger partial charge in [-0.1, -0.05) is 55.5 Å². The molecule has 3 aromatic rings. The van der Waals surface area contributed by atoms with Crippen molar-refractivity contribution < 1.29 is 4.79 Å². The van der Waals surface area contributed by atoms with Crippen molar-refractivity contribution in [2.24, 2.45) is 0 Å². The van der Waals surface area contributed by atoms with Crippen LogP contribution in [0.1, 0.15) is 36.0 Å². The van der Waals surface area contributed by atoms with Crippen LogP contribution in [0.2, 0.25) is 0 Å². The molecule has 4 heteroatoms. The summed E-state index contributed by atoms with van der Waals surface area (Å²) in [6, 6.07) is 18.3. The Morgan fingerprint density at radius 1 is 1.12 bits per heavy atom. The maximum atomic E-state index is 12.3. The van der Waals surface area contributed by atoms with E-state index in [1.807, 2.05) is 47.3 Å². The Bertz CT molecular complexity index is 883. The highest BCUT2D eigenvalue weighted by Gasteiger charge is 2.30. The number of carbonyl (C=O) groups excluding carboxylic acids is 1. The Hall–Kier alpha value is -2.88. The van der Waals surface area contributed by atoms with Gasteiger partial charge < -0.3 is 5.32 Å². The molecule has 0 fully saturated rings. The van der Waals surface area contributed by atoms with E-state index in [1.54, 1.807) is 0 Å². The number of amides is 1. The number of anilines is 1. The summed E-state index contributed by atoms with van der Waals surface area (Å²) in [6.07, 6.45) is 3.26. The molecule has 120 valence electrons. The molecule has 1 N–H and O–H groups in total. The van der Waals surface area contributed by atoms with Gasteiger partial charge in [0.1, 0.15) is 5.82 Å². The van der Waals surface area contributed by atoms with Gasteiger partial charge in [-0.25, -0.2) is 4.68 Å². The average molecular weight is 317 g/mol. The zero-order valence-corrected chi connectivity index (χ0v) is 13.6. The van der Waals surface area contributed by atoms with Crippen LogP contribution in [-0.2, 0) is 11.2 Å². The molecular weight excluding hydrogens is 298 g/mol. The van der Waals surface area contributed by atoms with Crippen molar-refractivity contribution in [1.82, 2.24) is 9.78 Å². The Morgan fingerprint density at radius 2 is 1.88 bits per heavy atom. The molecule has 0 saturated carbocycles. The van der Waals surface area contributed by atoms with Crippen LogP contribution < -0.4 is 5.32 Å². The molecular formula is C20H19N3O. The van der Waals surface area contributed by atoms with E-state index in [9.17, 15) is 4.79 Å². The van der Waals surface area contributed by atoms with Crippen LogP contribution in [-0.4, -0.2) is 15.7 Å². The summed E-state index contributed by atoms with van der Waals surface area (Å²) in [5.74, 6) is 0.880. The molecule has 1 unspecified atom stereocenters. The Balaban J connectivity index is 1.85. The van der Waals surface area contributed by atoms with Gasteiger partial charge in [0, 0.05) is 17.9 Å². The van der Waals surface area contributed by atoms with Crippen LogP contribution in [0.3, 0.4) is 0 Å². The molecule has 0 radical (unpaired) electrons. The highest BCUT2D eigenvalue weighted by atomic mass is 16.1. The van der Waals surface area contributed by atoms with Gasteiger partial charge in [-0.2, -0.15) is 5.10 Å². The van der Waals surface area contributed by atoms with Gasteiger partial charge in [0.05, 0.1) is 11.9 Å². The van der Waals surface area contributed by atoms with Crippen LogP contribution in [0.25, 0.3) is 5.69 Å². The predicted molar refractivity (Wildman–Crippen MR) is 94.5 cm³/mol. The first-order valence-electron chi connectivity index (χ1n) is 8.29. The van der Waals surface area contributed by atoms with Crippen molar-refractivity contribution in [3.05, 3.63) is 77.5 Å². The molecule has 0 aliphatic carbocycles. The molecule has 2 heterocycles. The molecule has 24 heavy (non-hydrogen) atoms. The number of hydrogen-bond donors (Lipinski definition) is 1. The van der Waals surface area contributed by atoms with Gasteiger partial charge in [0.25, 0.3) is 0 Å². The van der Waals surface area contributed by atoms with Gasteiger partial charge >= 0.3 is 0 Å². The van der Waals surface area contributed by atoms with Crippen molar-refractivity contribution in [2.45, 2.75) is 25.7 Å². The van der Waals surface area contributed by atoms with E-state index in [0.29, 0.717) is 6.42 Å². The molecule has 2 aromatic carbocycles. The SMILES string of the molecule is CCc1ccccc1-n1ncc2c1NC(=O)CC2c1ccccc1. The molecule has 1 aromatic heterocycles. The van der Waals surface area contributed by atoms with Gasteiger partial charge in [-0.15, -0.1) is 0 Å². The van der Waals surface area contributed by atoms with E-state index in [0.717, 1.165) is 29.1 Å². The average Bonchev–Trinajstić information content (AvgIpc) is 3.05. The fourth-order valence-corrected chi connectivity index (χ4v) is 3.40. The van der Waals surface area contributed by atoms with E-state index in [-0.39, 0.29) is 11.8 Å². The summed E-state index contributed by atoms with van der Waals surface area (Å²) in [6.45, 7) is 2.13. The van der Waals surface area contributed by atoms with E-state index in [1.165, 1.54) is 5.56 Å². The number of rotatable bonds is 3. The number of carbonyl (C=O) groups is 1. The van der Waals surface area contributed by atoms with E-state index < -0.39 is 0 Å². The number of hydrogen-bond acceptors (Lipinski definition) is 2. The number of fused-ring (bicyclic) bond motifs is 1. The maximum absolute atomic E-state index is 12.3. The molecule has 1 amide bonds. The molecule has 4 nitrogen and oxygen atoms in total. The third-order valence-electron chi connectivity index (χ3n) is 4.62. The second kappa shape index (κ2) is 5.96. The summed E-state index contributed by atoms with van der Waals surface area (Å²) < 4.78 is 1.86. The molecule has 0 saturated heterocycles. The van der Waals surface area contributed by atoms with Crippen molar-refractivity contribution in [1.29, 1.82) is 0 Å². The van der Waals surface area contributed by atoms with Crippen molar-refractivity contribution in [3.8, 4) is 5.69 Å². The largest absolute Gasteiger partial charge is 0.310 e. The lowest BCUT2D eigenvalue weighted by atomic mass is 9.87. The fraction of sp³-hybridized carbons (Fsp3) is 0.200. The standard InChI is InChI=1S/C20H19N3O/c1-2-14-8-6-7-11-18(14)23-20-17(13-21-23)16(12-19(24)22-20)15-9-4-3-5-10-15/h3-11,13,16H,2,12H2,1H3,(H,22,24). The lowest BCUT2D eigenvalue weighted by Gasteiger charge is -2.24. The van der Waals surface area contributed by atoms with Crippen LogP contribution in [0.4, 0.5) is 5.82 Å². The molecule has 4 rings (SSSR count). The Kier molecular flexibility index (Phi) is 3.65. The first-order valence-corrected chi connectivity index (χ1v) is 8.29. The number of para-hydroxylation sites is 1. The minimum atomic E-state index is 0.0343. The second-order valence-electron chi connectivity index (χ2n) is 6.06. The van der Waals surface area contributed by atoms with E-state index in [2.05, 4.69) is 35.5 Å². The number of aromatic nitrogens is 2. The summed E-state index contributed by atoms with van der Waals surface area (Å²) in [5, 5.41) is 7.61. The highest BCUT2D eigenvalue weighted by Crippen LogP contribution is 2.38. The van der Waals surface area contributed by atoms with Gasteiger partial charge in [-0.05, 0) is 23.6 Å². The minimum Gasteiger partial charge on any atom is -0.310 e. The van der Waals surface area contributed by atoms with Crippen LogP contribution in [0, 0.1) is 0 Å². The number of nitrogens with zero attached hydrogens (tertiary/aromatic N) is 2. The third kappa shape index (κ3) is 2.40. The first kappa shape index (κ1) is 14.7. The molecule has 1 aliphatic heterocycles. The quantitative estimate of drug-likeness (QED) is 0.796. The second-order valence-corrected chi connectivity index (χ2v) is 6.06. The maximum Gasteiger partial charge on any atom is 0.226 e. The third-order valence-corrected chi connectivity index (χ3v) is 4.62. The summed E-state index contributed by atoms with van der Waals surface area (Å²) >= 11 is 0. The number of benzene rings is 2. The topological polar surface area (TPSA) is 46.9 Å². The molecule has 1 aliphatic rings. The van der Waals surface area contributed by atoms with Gasteiger partial charge in [-0.3, -0.25) is 4.79 Å². The van der Waals surface area contributed by atoms with Gasteiger partial charge in [0.2, 0.25) is 5.91 Å². The monoisotopic (exact) mass is 317 g/mol. The highest BCUT2D eigenvalue weighted by molar-refractivity contribution is 5.94. The Labute approximate surface area is 141 Å². The normalized spacial score (nSPS) is 16.5. The predicted octanol–water partition coefficient (Wildman–Crippen LogP) is 3.91. The summed E-state index contributed by atoms with van der Waals surface area (Å²) in [4.78, 5) is 12.3. The Morgan fingerprint density at radius 3 is 2.67 bits per heavy atom.